The van der Waals surface area contributed by atoms with Crippen LogP contribution in [0.15, 0.2) is 41.3 Å². The number of methoxy groups -OCH3 is 1. The summed E-state index contributed by atoms with van der Waals surface area (Å²) in [4.78, 5) is 22.7. The van der Waals surface area contributed by atoms with E-state index < -0.39 is 0 Å². The summed E-state index contributed by atoms with van der Waals surface area (Å²) < 4.78 is 6.11. The summed E-state index contributed by atoms with van der Waals surface area (Å²) in [5.41, 5.74) is 1.92. The zero-order valence-electron chi connectivity index (χ0n) is 17.3. The van der Waals surface area contributed by atoms with E-state index in [2.05, 4.69) is 4.90 Å². The van der Waals surface area contributed by atoms with E-state index in [1.165, 1.54) is 23.1 Å². The highest BCUT2D eigenvalue weighted by molar-refractivity contribution is 8.00. The molecule has 2 aromatic carbocycles. The lowest BCUT2D eigenvalue weighted by Gasteiger charge is -2.21. The second-order valence-electron chi connectivity index (χ2n) is 6.85. The molecular weight excluding hydrogens is 461 g/mol. The summed E-state index contributed by atoms with van der Waals surface area (Å²) in [5, 5.41) is 1.36. The molecule has 0 fully saturated rings. The standard InChI is InChI=1S/C21H24ClN3O2S2.ClH/c1-14-5-10-17(22)20-19(14)23-21(29-20)25(12-11-24(2)3)18(26)13-28-16-8-6-15(27-4)7-9-16;/h5-10H,11-13H2,1-4H3;1H. The molecule has 5 nitrogen and oxygen atoms in total. The fraction of sp³-hybridized carbons (Fsp3) is 0.333. The highest BCUT2D eigenvalue weighted by atomic mass is 35.5. The van der Waals surface area contributed by atoms with Crippen LogP contribution in [-0.2, 0) is 4.79 Å². The molecule has 0 saturated carbocycles. The quantitative estimate of drug-likeness (QED) is 0.401. The van der Waals surface area contributed by atoms with Crippen molar-refractivity contribution in [3.8, 4) is 5.75 Å². The van der Waals surface area contributed by atoms with Crippen molar-refractivity contribution < 1.29 is 9.53 Å². The third-order valence-electron chi connectivity index (χ3n) is 4.41. The van der Waals surface area contributed by atoms with Crippen molar-refractivity contribution >= 4 is 68.4 Å². The van der Waals surface area contributed by atoms with Crippen molar-refractivity contribution in [1.82, 2.24) is 9.88 Å². The molecule has 0 aliphatic heterocycles. The van der Waals surface area contributed by atoms with Gasteiger partial charge in [0.15, 0.2) is 5.13 Å². The Bertz CT molecular complexity index is 955. The van der Waals surface area contributed by atoms with Gasteiger partial charge in [0, 0.05) is 18.0 Å². The normalized spacial score (nSPS) is 10.9. The Morgan fingerprint density at radius 2 is 1.87 bits per heavy atom. The number of ether oxygens (including phenoxy) is 1. The van der Waals surface area contributed by atoms with Crippen molar-refractivity contribution in [3.63, 3.8) is 0 Å². The molecule has 0 radical (unpaired) electrons. The smallest absolute Gasteiger partial charge is 0.239 e. The van der Waals surface area contributed by atoms with Crippen molar-refractivity contribution in [1.29, 1.82) is 0 Å². The molecule has 0 aliphatic rings. The predicted octanol–water partition coefficient (Wildman–Crippen LogP) is 5.38. The lowest BCUT2D eigenvalue weighted by atomic mass is 10.2. The second kappa shape index (κ2) is 11.2. The minimum Gasteiger partial charge on any atom is -0.497 e. The number of aromatic nitrogens is 1. The fourth-order valence-corrected chi connectivity index (χ4v) is 4.86. The zero-order chi connectivity index (χ0) is 21.0. The van der Waals surface area contributed by atoms with Crippen LogP contribution in [0.2, 0.25) is 5.02 Å². The number of rotatable bonds is 8. The Labute approximate surface area is 196 Å². The number of thiazole rings is 1. The first-order chi connectivity index (χ1) is 13.9. The summed E-state index contributed by atoms with van der Waals surface area (Å²) in [7, 11) is 5.63. The number of hydrogen-bond donors (Lipinski definition) is 0. The van der Waals surface area contributed by atoms with Crippen molar-refractivity contribution in [2.75, 3.05) is 44.9 Å². The average molecular weight is 486 g/mol. The second-order valence-corrected chi connectivity index (χ2v) is 9.28. The van der Waals surface area contributed by atoms with Gasteiger partial charge in [-0.3, -0.25) is 9.69 Å². The van der Waals surface area contributed by atoms with Gasteiger partial charge in [0.05, 0.1) is 28.1 Å². The molecule has 162 valence electrons. The van der Waals surface area contributed by atoms with Crippen molar-refractivity contribution in [3.05, 3.63) is 47.0 Å². The maximum atomic E-state index is 13.1. The van der Waals surface area contributed by atoms with E-state index in [1.807, 2.05) is 57.4 Å². The number of aryl methyl sites for hydroxylation is 1. The maximum absolute atomic E-state index is 13.1. The van der Waals surface area contributed by atoms with E-state index in [0.717, 1.165) is 33.0 Å². The largest absolute Gasteiger partial charge is 0.497 e. The van der Waals surface area contributed by atoms with E-state index in [0.29, 0.717) is 22.5 Å². The third kappa shape index (κ3) is 6.02. The minimum absolute atomic E-state index is 0. The van der Waals surface area contributed by atoms with Crippen LogP contribution in [0.4, 0.5) is 5.13 Å². The van der Waals surface area contributed by atoms with Crippen LogP contribution in [0.25, 0.3) is 10.2 Å². The summed E-state index contributed by atoms with van der Waals surface area (Å²) in [6.45, 7) is 3.33. The van der Waals surface area contributed by atoms with Gasteiger partial charge in [0.25, 0.3) is 0 Å². The predicted molar refractivity (Wildman–Crippen MR) is 131 cm³/mol. The Hall–Kier alpha value is -1.51. The maximum Gasteiger partial charge on any atom is 0.239 e. The molecule has 0 bridgehead atoms. The number of benzene rings is 2. The van der Waals surface area contributed by atoms with E-state index in [-0.39, 0.29) is 18.3 Å². The monoisotopic (exact) mass is 485 g/mol. The molecule has 9 heteroatoms. The highest BCUT2D eigenvalue weighted by Gasteiger charge is 2.21. The molecule has 1 heterocycles. The summed E-state index contributed by atoms with van der Waals surface area (Å²) in [5.74, 6) is 1.16. The molecule has 1 aromatic heterocycles. The molecule has 0 atom stereocenters. The molecule has 1 amide bonds. The van der Waals surface area contributed by atoms with Crippen LogP contribution in [0.1, 0.15) is 5.56 Å². The van der Waals surface area contributed by atoms with Gasteiger partial charge in [-0.25, -0.2) is 4.98 Å². The van der Waals surface area contributed by atoms with Crippen LogP contribution in [0.5, 0.6) is 5.75 Å². The summed E-state index contributed by atoms with van der Waals surface area (Å²) >= 11 is 9.34. The van der Waals surface area contributed by atoms with E-state index in [1.54, 1.807) is 12.0 Å². The number of anilines is 1. The van der Waals surface area contributed by atoms with Gasteiger partial charge in [0.2, 0.25) is 5.91 Å². The van der Waals surface area contributed by atoms with Crippen LogP contribution < -0.4 is 9.64 Å². The number of thioether (sulfide) groups is 1. The lowest BCUT2D eigenvalue weighted by Crippen LogP contribution is -2.37. The molecular formula is C21H25Cl2N3O2S2. The van der Waals surface area contributed by atoms with Gasteiger partial charge in [0.1, 0.15) is 5.75 Å². The van der Waals surface area contributed by atoms with Crippen LogP contribution in [-0.4, -0.2) is 55.8 Å². The highest BCUT2D eigenvalue weighted by Crippen LogP contribution is 2.36. The van der Waals surface area contributed by atoms with Crippen LogP contribution in [0.3, 0.4) is 0 Å². The molecule has 0 N–H and O–H groups in total. The summed E-state index contributed by atoms with van der Waals surface area (Å²) in [6, 6.07) is 11.6. The van der Waals surface area contributed by atoms with Gasteiger partial charge in [-0.2, -0.15) is 0 Å². The number of nitrogens with zero attached hydrogens (tertiary/aromatic N) is 3. The Morgan fingerprint density at radius 3 is 2.47 bits per heavy atom. The number of carbonyl (C=O) groups is 1. The van der Waals surface area contributed by atoms with Crippen molar-refractivity contribution in [2.45, 2.75) is 11.8 Å². The van der Waals surface area contributed by atoms with Gasteiger partial charge in [-0.1, -0.05) is 29.0 Å². The molecule has 0 aliphatic carbocycles. The third-order valence-corrected chi connectivity index (χ3v) is 6.95. The number of amides is 1. The van der Waals surface area contributed by atoms with E-state index in [4.69, 9.17) is 21.3 Å². The lowest BCUT2D eigenvalue weighted by molar-refractivity contribution is -0.116. The Balaban J connectivity index is 0.00000320. The number of fused-ring (bicyclic) bond motifs is 1. The number of halogens is 2. The first-order valence-electron chi connectivity index (χ1n) is 9.16. The van der Waals surface area contributed by atoms with Gasteiger partial charge in [-0.05, 0) is 56.9 Å². The molecule has 3 rings (SSSR count). The number of likely N-dealkylation sites (N-methyl/N-ethyl adjacent to an activating group) is 1. The molecule has 0 unspecified atom stereocenters. The van der Waals surface area contributed by atoms with E-state index >= 15 is 0 Å². The average Bonchev–Trinajstić information content (AvgIpc) is 3.16. The first-order valence-corrected chi connectivity index (χ1v) is 11.3. The first kappa shape index (κ1) is 24.8. The van der Waals surface area contributed by atoms with Gasteiger partial charge in [-0.15, -0.1) is 24.2 Å². The molecule has 3 aromatic rings. The Kier molecular flexibility index (Phi) is 9.25. The SMILES string of the molecule is COc1ccc(SCC(=O)N(CCN(C)C)c2nc3c(C)ccc(Cl)c3s2)cc1.Cl. The van der Waals surface area contributed by atoms with Crippen molar-refractivity contribution in [2.24, 2.45) is 0 Å². The Morgan fingerprint density at radius 1 is 1.17 bits per heavy atom. The zero-order valence-corrected chi connectivity index (χ0v) is 20.6. The van der Waals surface area contributed by atoms with E-state index in [9.17, 15) is 4.79 Å². The number of hydrogen-bond acceptors (Lipinski definition) is 6. The molecule has 0 saturated heterocycles. The van der Waals surface area contributed by atoms with Crippen LogP contribution >= 0.6 is 47.1 Å². The van der Waals surface area contributed by atoms with Gasteiger partial charge < -0.3 is 9.64 Å². The summed E-state index contributed by atoms with van der Waals surface area (Å²) in [6.07, 6.45) is 0. The fourth-order valence-electron chi connectivity index (χ4n) is 2.73. The number of carbonyl (C=O) groups excluding carboxylic acids is 1. The van der Waals surface area contributed by atoms with Gasteiger partial charge >= 0.3 is 0 Å². The topological polar surface area (TPSA) is 45.7 Å². The molecule has 30 heavy (non-hydrogen) atoms. The molecule has 0 spiro atoms. The van der Waals surface area contributed by atoms with Crippen LogP contribution in [0, 0.1) is 6.92 Å². The minimum atomic E-state index is 0.